The number of pyridine rings is 1. The molecule has 3 rings (SSSR count). The van der Waals surface area contributed by atoms with E-state index in [1.807, 2.05) is 29.9 Å². The smallest absolute Gasteiger partial charge is 0.0811 e. The van der Waals surface area contributed by atoms with Crippen LogP contribution in [0.1, 0.15) is 17.0 Å². The fraction of sp³-hybridized carbons (Fsp3) is 0.273. The van der Waals surface area contributed by atoms with Gasteiger partial charge in [0.1, 0.15) is 0 Å². The van der Waals surface area contributed by atoms with E-state index >= 15 is 0 Å². The van der Waals surface area contributed by atoms with Crippen LogP contribution in [-0.2, 0) is 13.1 Å². The van der Waals surface area contributed by atoms with Crippen LogP contribution in [0.4, 0.5) is 0 Å². The summed E-state index contributed by atoms with van der Waals surface area (Å²) in [6, 6.07) is 4.01. The molecule has 0 saturated heterocycles. The summed E-state index contributed by atoms with van der Waals surface area (Å²) in [7, 11) is 0. The Morgan fingerprint density at radius 3 is 2.82 bits per heavy atom. The minimum Gasteiger partial charge on any atom is -0.307 e. The van der Waals surface area contributed by atoms with Gasteiger partial charge in [-0.15, -0.1) is 24.8 Å². The van der Waals surface area contributed by atoms with Crippen molar-refractivity contribution >= 4 is 24.8 Å². The summed E-state index contributed by atoms with van der Waals surface area (Å²) in [5.41, 5.74) is 4.55. The molecule has 2 aromatic heterocycles. The Morgan fingerprint density at radius 1 is 1.29 bits per heavy atom. The van der Waals surface area contributed by atoms with E-state index in [1.54, 1.807) is 0 Å². The average molecular weight is 273 g/mol. The van der Waals surface area contributed by atoms with Crippen molar-refractivity contribution in [1.29, 1.82) is 0 Å². The maximum atomic E-state index is 4.53. The Kier molecular flexibility index (Phi) is 4.51. The van der Waals surface area contributed by atoms with Crippen molar-refractivity contribution in [2.75, 3.05) is 0 Å². The lowest BCUT2D eigenvalue weighted by molar-refractivity contribution is 0.720. The summed E-state index contributed by atoms with van der Waals surface area (Å²) in [5.74, 6) is 0. The number of rotatable bonds is 1. The van der Waals surface area contributed by atoms with Gasteiger partial charge in [-0.1, -0.05) is 0 Å². The molecule has 1 aliphatic heterocycles. The summed E-state index contributed by atoms with van der Waals surface area (Å²) >= 11 is 0. The molecule has 0 fully saturated rings. The van der Waals surface area contributed by atoms with Gasteiger partial charge in [-0.25, -0.2) is 4.68 Å². The highest BCUT2D eigenvalue weighted by Crippen LogP contribution is 2.16. The third-order valence-corrected chi connectivity index (χ3v) is 2.63. The SMILES string of the molecule is Cc1cc(-n2cc3c(n2)CNC3)ccn1.Cl.Cl. The number of aryl methyl sites for hydroxylation is 1. The molecule has 0 aromatic carbocycles. The molecule has 0 atom stereocenters. The van der Waals surface area contributed by atoms with Gasteiger partial charge in [-0.05, 0) is 19.1 Å². The van der Waals surface area contributed by atoms with Crippen LogP contribution < -0.4 is 5.32 Å². The Morgan fingerprint density at radius 2 is 2.12 bits per heavy atom. The molecule has 1 aliphatic rings. The average Bonchev–Trinajstić information content (AvgIpc) is 2.76. The molecule has 0 spiro atoms. The van der Waals surface area contributed by atoms with Gasteiger partial charge < -0.3 is 5.32 Å². The van der Waals surface area contributed by atoms with Crippen molar-refractivity contribution in [3.8, 4) is 5.69 Å². The van der Waals surface area contributed by atoms with Crippen LogP contribution in [0.3, 0.4) is 0 Å². The number of aromatic nitrogens is 3. The summed E-state index contributed by atoms with van der Waals surface area (Å²) < 4.78 is 1.93. The topological polar surface area (TPSA) is 42.7 Å². The third-order valence-electron chi connectivity index (χ3n) is 2.63. The number of hydrogen-bond acceptors (Lipinski definition) is 3. The highest BCUT2D eigenvalue weighted by atomic mass is 35.5. The van der Waals surface area contributed by atoms with E-state index in [0.29, 0.717) is 0 Å². The Bertz CT molecular complexity index is 488. The summed E-state index contributed by atoms with van der Waals surface area (Å²) in [6.07, 6.45) is 3.90. The lowest BCUT2D eigenvalue weighted by Crippen LogP contribution is -2.05. The van der Waals surface area contributed by atoms with E-state index in [4.69, 9.17) is 0 Å². The fourth-order valence-corrected chi connectivity index (χ4v) is 1.86. The maximum Gasteiger partial charge on any atom is 0.0811 e. The van der Waals surface area contributed by atoms with Gasteiger partial charge in [0.15, 0.2) is 0 Å². The van der Waals surface area contributed by atoms with Crippen LogP contribution in [0.15, 0.2) is 24.5 Å². The molecule has 0 amide bonds. The molecular formula is C11H14Cl2N4. The zero-order chi connectivity index (χ0) is 10.3. The molecule has 0 saturated carbocycles. The van der Waals surface area contributed by atoms with Crippen molar-refractivity contribution in [2.24, 2.45) is 0 Å². The lowest BCUT2D eigenvalue weighted by atomic mass is 10.3. The number of nitrogens with zero attached hydrogens (tertiary/aromatic N) is 3. The number of nitrogens with one attached hydrogen (secondary N) is 1. The van der Waals surface area contributed by atoms with E-state index < -0.39 is 0 Å². The van der Waals surface area contributed by atoms with Crippen LogP contribution in [0, 0.1) is 6.92 Å². The first-order chi connectivity index (χ1) is 7.33. The van der Waals surface area contributed by atoms with E-state index in [9.17, 15) is 0 Å². The van der Waals surface area contributed by atoms with E-state index in [1.165, 1.54) is 5.56 Å². The fourth-order valence-electron chi connectivity index (χ4n) is 1.86. The highest BCUT2D eigenvalue weighted by molar-refractivity contribution is 5.85. The van der Waals surface area contributed by atoms with Crippen molar-refractivity contribution in [3.05, 3.63) is 41.5 Å². The first-order valence-electron chi connectivity index (χ1n) is 5.04. The van der Waals surface area contributed by atoms with Gasteiger partial charge in [0.05, 0.1) is 11.4 Å². The molecule has 3 heterocycles. The standard InChI is InChI=1S/C11H12N4.2ClH/c1-8-4-10(2-3-13-8)15-7-9-5-12-6-11(9)14-15;;/h2-4,7,12H,5-6H2,1H3;2*1H. The largest absolute Gasteiger partial charge is 0.307 e. The Labute approximate surface area is 112 Å². The molecule has 0 aliphatic carbocycles. The Hall–Kier alpha value is -1.10. The third kappa shape index (κ3) is 2.60. The molecule has 0 radical (unpaired) electrons. The molecular weight excluding hydrogens is 259 g/mol. The molecule has 0 unspecified atom stereocenters. The van der Waals surface area contributed by atoms with E-state index in [0.717, 1.165) is 30.2 Å². The van der Waals surface area contributed by atoms with Crippen LogP contribution >= 0.6 is 24.8 Å². The summed E-state index contributed by atoms with van der Waals surface area (Å²) in [4.78, 5) is 4.18. The second-order valence-electron chi connectivity index (χ2n) is 3.80. The second-order valence-corrected chi connectivity index (χ2v) is 3.80. The van der Waals surface area contributed by atoms with Gasteiger partial charge in [-0.3, -0.25) is 4.98 Å². The zero-order valence-corrected chi connectivity index (χ0v) is 11.0. The van der Waals surface area contributed by atoms with Crippen LogP contribution in [0.2, 0.25) is 0 Å². The van der Waals surface area contributed by atoms with Gasteiger partial charge in [0.25, 0.3) is 0 Å². The zero-order valence-electron chi connectivity index (χ0n) is 9.38. The van der Waals surface area contributed by atoms with Crippen molar-refractivity contribution in [1.82, 2.24) is 20.1 Å². The molecule has 92 valence electrons. The molecule has 0 bridgehead atoms. The first-order valence-corrected chi connectivity index (χ1v) is 5.04. The van der Waals surface area contributed by atoms with Gasteiger partial charge in [0.2, 0.25) is 0 Å². The minimum atomic E-state index is 0. The van der Waals surface area contributed by atoms with Gasteiger partial charge >= 0.3 is 0 Å². The van der Waals surface area contributed by atoms with Crippen LogP contribution in [0.5, 0.6) is 0 Å². The first kappa shape index (κ1) is 14.0. The van der Waals surface area contributed by atoms with Crippen LogP contribution in [-0.4, -0.2) is 14.8 Å². The number of halogens is 2. The van der Waals surface area contributed by atoms with E-state index in [-0.39, 0.29) is 24.8 Å². The summed E-state index contributed by atoms with van der Waals surface area (Å²) in [6.45, 7) is 3.80. The van der Waals surface area contributed by atoms with Crippen LogP contribution in [0.25, 0.3) is 5.69 Å². The maximum absolute atomic E-state index is 4.53. The minimum absolute atomic E-state index is 0. The quantitative estimate of drug-likeness (QED) is 0.864. The van der Waals surface area contributed by atoms with E-state index in [2.05, 4.69) is 21.6 Å². The number of fused-ring (bicyclic) bond motifs is 1. The Balaban J connectivity index is 0.000000722. The normalized spacial score (nSPS) is 12.5. The predicted octanol–water partition coefficient (Wildman–Crippen LogP) is 2.02. The molecule has 6 heteroatoms. The molecule has 2 aromatic rings. The summed E-state index contributed by atoms with van der Waals surface area (Å²) in [5, 5.41) is 7.80. The van der Waals surface area contributed by atoms with Crippen molar-refractivity contribution < 1.29 is 0 Å². The van der Waals surface area contributed by atoms with Crippen molar-refractivity contribution in [2.45, 2.75) is 20.0 Å². The highest BCUT2D eigenvalue weighted by Gasteiger charge is 2.14. The predicted molar refractivity (Wildman–Crippen MR) is 71.1 cm³/mol. The molecule has 4 nitrogen and oxygen atoms in total. The van der Waals surface area contributed by atoms with Gasteiger partial charge in [-0.2, -0.15) is 5.10 Å². The second kappa shape index (κ2) is 5.49. The van der Waals surface area contributed by atoms with Gasteiger partial charge in [0, 0.05) is 36.7 Å². The molecule has 17 heavy (non-hydrogen) atoms. The molecule has 1 N–H and O–H groups in total. The monoisotopic (exact) mass is 272 g/mol. The lowest BCUT2D eigenvalue weighted by Gasteiger charge is -2.02. The number of hydrogen-bond donors (Lipinski definition) is 1. The van der Waals surface area contributed by atoms with Crippen molar-refractivity contribution in [3.63, 3.8) is 0 Å².